The minimum Gasteiger partial charge on any atom is -0.355 e. The van der Waals surface area contributed by atoms with Crippen molar-refractivity contribution in [1.29, 1.82) is 0 Å². The molecule has 0 aliphatic rings. The Hall–Kier alpha value is -1.43. The molecule has 0 spiro atoms. The minimum atomic E-state index is -0.469. The summed E-state index contributed by atoms with van der Waals surface area (Å²) < 4.78 is 5.80. The monoisotopic (exact) mass is 284 g/mol. The van der Waals surface area contributed by atoms with Gasteiger partial charge in [0.1, 0.15) is 0 Å². The minimum absolute atomic E-state index is 0.469. The average Bonchev–Trinajstić information content (AvgIpc) is 2.53. The average molecular weight is 284 g/mol. The first-order valence-electron chi connectivity index (χ1n) is 7.01. The molecule has 104 valence electrons. The fourth-order valence-electron chi connectivity index (χ4n) is 2.14. The molecule has 1 atom stereocenters. The highest BCUT2D eigenvalue weighted by molar-refractivity contribution is 7.60. The van der Waals surface area contributed by atoms with Gasteiger partial charge in [0.25, 0.3) is 0 Å². The molecule has 0 N–H and O–H groups in total. The van der Waals surface area contributed by atoms with E-state index in [1.165, 1.54) is 16.4 Å². The van der Waals surface area contributed by atoms with Crippen LogP contribution in [0.3, 0.4) is 0 Å². The maximum atomic E-state index is 5.80. The zero-order valence-electron chi connectivity index (χ0n) is 12.2. The Morgan fingerprint density at radius 1 is 0.950 bits per heavy atom. The van der Waals surface area contributed by atoms with Crippen molar-refractivity contribution in [3.05, 3.63) is 72.3 Å². The molecule has 0 heterocycles. The SMILES string of the molecule is C=C(c1ccccc1)c1ccc(P(CC)OCC)cc1. The summed E-state index contributed by atoms with van der Waals surface area (Å²) in [6, 6.07) is 18.9. The number of benzene rings is 2. The van der Waals surface area contributed by atoms with Gasteiger partial charge in [0.15, 0.2) is 0 Å². The molecule has 1 unspecified atom stereocenters. The smallest absolute Gasteiger partial charge is 0.0600 e. The molecule has 2 aromatic carbocycles. The molecule has 2 rings (SSSR count). The van der Waals surface area contributed by atoms with E-state index < -0.39 is 8.15 Å². The maximum absolute atomic E-state index is 5.80. The topological polar surface area (TPSA) is 9.23 Å². The summed E-state index contributed by atoms with van der Waals surface area (Å²) in [4.78, 5) is 0. The third-order valence-corrected chi connectivity index (χ3v) is 5.22. The fraction of sp³-hybridized carbons (Fsp3) is 0.222. The van der Waals surface area contributed by atoms with Crippen LogP contribution in [0.1, 0.15) is 25.0 Å². The second-order valence-electron chi connectivity index (χ2n) is 4.50. The van der Waals surface area contributed by atoms with E-state index in [2.05, 4.69) is 56.8 Å². The zero-order chi connectivity index (χ0) is 14.4. The molecule has 2 aromatic rings. The number of hydrogen-bond acceptors (Lipinski definition) is 1. The molecular formula is C18H21OP. The van der Waals surface area contributed by atoms with E-state index in [9.17, 15) is 0 Å². The lowest BCUT2D eigenvalue weighted by Crippen LogP contribution is -2.05. The Kier molecular flexibility index (Phi) is 5.52. The van der Waals surface area contributed by atoms with Crippen molar-refractivity contribution >= 4 is 19.0 Å². The molecule has 0 aliphatic heterocycles. The van der Waals surface area contributed by atoms with Crippen LogP contribution in [0.15, 0.2) is 61.2 Å². The van der Waals surface area contributed by atoms with Gasteiger partial charge < -0.3 is 4.52 Å². The van der Waals surface area contributed by atoms with Crippen molar-refractivity contribution in [2.75, 3.05) is 12.8 Å². The molecule has 0 amide bonds. The van der Waals surface area contributed by atoms with Crippen molar-refractivity contribution in [3.63, 3.8) is 0 Å². The van der Waals surface area contributed by atoms with Gasteiger partial charge in [-0.3, -0.25) is 0 Å². The van der Waals surface area contributed by atoms with Gasteiger partial charge in [0, 0.05) is 11.9 Å². The Labute approximate surface area is 123 Å². The van der Waals surface area contributed by atoms with Gasteiger partial charge in [-0.1, -0.05) is 68.1 Å². The lowest BCUT2D eigenvalue weighted by molar-refractivity contribution is 0.383. The van der Waals surface area contributed by atoms with E-state index >= 15 is 0 Å². The van der Waals surface area contributed by atoms with Crippen LogP contribution in [0.2, 0.25) is 0 Å². The maximum Gasteiger partial charge on any atom is 0.0600 e. The standard InChI is InChI=1S/C18H21OP/c1-4-19-20(5-2)18-13-11-17(12-14-18)15(3)16-9-7-6-8-10-16/h6-14H,3-5H2,1-2H3. The van der Waals surface area contributed by atoms with Gasteiger partial charge in [-0.2, -0.15) is 0 Å². The summed E-state index contributed by atoms with van der Waals surface area (Å²) in [5.74, 6) is 0. The van der Waals surface area contributed by atoms with Gasteiger partial charge in [0.2, 0.25) is 0 Å². The first-order valence-corrected chi connectivity index (χ1v) is 8.46. The summed E-state index contributed by atoms with van der Waals surface area (Å²) in [5, 5.41) is 1.30. The van der Waals surface area contributed by atoms with Crippen LogP contribution >= 0.6 is 8.15 Å². The molecular weight excluding hydrogens is 263 g/mol. The molecule has 0 aromatic heterocycles. The Morgan fingerprint density at radius 3 is 2.10 bits per heavy atom. The number of hydrogen-bond donors (Lipinski definition) is 0. The van der Waals surface area contributed by atoms with Crippen molar-refractivity contribution in [1.82, 2.24) is 0 Å². The molecule has 0 fully saturated rings. The van der Waals surface area contributed by atoms with E-state index in [1.807, 2.05) is 18.2 Å². The van der Waals surface area contributed by atoms with Crippen LogP contribution in [0.4, 0.5) is 0 Å². The quantitative estimate of drug-likeness (QED) is 0.691. The predicted octanol–water partition coefficient (Wildman–Crippen LogP) is 4.83. The van der Waals surface area contributed by atoms with E-state index in [-0.39, 0.29) is 0 Å². The van der Waals surface area contributed by atoms with Crippen molar-refractivity contribution in [3.8, 4) is 0 Å². The molecule has 0 saturated carbocycles. The molecule has 0 saturated heterocycles. The Balaban J connectivity index is 2.18. The summed E-state index contributed by atoms with van der Waals surface area (Å²) in [6.45, 7) is 9.21. The molecule has 0 radical (unpaired) electrons. The summed E-state index contributed by atoms with van der Waals surface area (Å²) >= 11 is 0. The van der Waals surface area contributed by atoms with Crippen LogP contribution in [-0.2, 0) is 4.52 Å². The lowest BCUT2D eigenvalue weighted by atomic mass is 10.00. The molecule has 20 heavy (non-hydrogen) atoms. The molecule has 0 bridgehead atoms. The van der Waals surface area contributed by atoms with Gasteiger partial charge >= 0.3 is 0 Å². The van der Waals surface area contributed by atoms with Gasteiger partial charge in [-0.15, -0.1) is 0 Å². The third-order valence-electron chi connectivity index (χ3n) is 3.20. The largest absolute Gasteiger partial charge is 0.355 e. The molecule has 2 heteroatoms. The predicted molar refractivity (Wildman–Crippen MR) is 89.7 cm³/mol. The first-order chi connectivity index (χ1) is 9.76. The van der Waals surface area contributed by atoms with Crippen LogP contribution in [-0.4, -0.2) is 12.8 Å². The first kappa shape index (κ1) is 15.0. The Morgan fingerprint density at radius 2 is 1.55 bits per heavy atom. The van der Waals surface area contributed by atoms with Crippen molar-refractivity contribution < 1.29 is 4.52 Å². The summed E-state index contributed by atoms with van der Waals surface area (Å²) in [7, 11) is -0.469. The second kappa shape index (κ2) is 7.38. The Bertz CT molecular complexity index is 545. The van der Waals surface area contributed by atoms with Gasteiger partial charge in [-0.05, 0) is 29.8 Å². The highest BCUT2D eigenvalue weighted by Gasteiger charge is 2.09. The molecule has 1 nitrogen and oxygen atoms in total. The van der Waals surface area contributed by atoms with E-state index in [0.717, 1.165) is 18.3 Å². The summed E-state index contributed by atoms with van der Waals surface area (Å²) in [5.41, 5.74) is 3.40. The summed E-state index contributed by atoms with van der Waals surface area (Å²) in [6.07, 6.45) is 1.06. The second-order valence-corrected chi connectivity index (χ2v) is 6.67. The van der Waals surface area contributed by atoms with Crippen LogP contribution in [0.5, 0.6) is 0 Å². The van der Waals surface area contributed by atoms with E-state index in [4.69, 9.17) is 4.52 Å². The van der Waals surface area contributed by atoms with Crippen molar-refractivity contribution in [2.24, 2.45) is 0 Å². The third kappa shape index (κ3) is 3.56. The van der Waals surface area contributed by atoms with Gasteiger partial charge in [0.05, 0.1) is 8.15 Å². The van der Waals surface area contributed by atoms with Crippen LogP contribution < -0.4 is 5.30 Å². The highest BCUT2D eigenvalue weighted by Crippen LogP contribution is 2.35. The van der Waals surface area contributed by atoms with Crippen molar-refractivity contribution in [2.45, 2.75) is 13.8 Å². The highest BCUT2D eigenvalue weighted by atomic mass is 31.1. The van der Waals surface area contributed by atoms with Gasteiger partial charge in [-0.25, -0.2) is 0 Å². The van der Waals surface area contributed by atoms with E-state index in [1.54, 1.807) is 0 Å². The normalized spacial score (nSPS) is 12.1. The number of rotatable bonds is 6. The van der Waals surface area contributed by atoms with E-state index in [0.29, 0.717) is 0 Å². The fourth-order valence-corrected chi connectivity index (χ4v) is 3.63. The van der Waals surface area contributed by atoms with Crippen LogP contribution in [0, 0.1) is 0 Å². The zero-order valence-corrected chi connectivity index (χ0v) is 13.1. The molecule has 0 aliphatic carbocycles. The van der Waals surface area contributed by atoms with Crippen LogP contribution in [0.25, 0.3) is 5.57 Å². The lowest BCUT2D eigenvalue weighted by Gasteiger charge is -2.15.